The summed E-state index contributed by atoms with van der Waals surface area (Å²) in [6, 6.07) is 11.3. The zero-order valence-corrected chi connectivity index (χ0v) is 18.5. The van der Waals surface area contributed by atoms with Crippen molar-refractivity contribution in [2.45, 2.75) is 38.5 Å². The first-order chi connectivity index (χ1) is 15.9. The van der Waals surface area contributed by atoms with Crippen molar-refractivity contribution < 1.29 is 18.7 Å². The summed E-state index contributed by atoms with van der Waals surface area (Å²) >= 11 is 0. The van der Waals surface area contributed by atoms with Crippen molar-refractivity contribution in [3.8, 4) is 0 Å². The number of hydrogen-bond acceptors (Lipinski definition) is 6. The molecule has 1 fully saturated rings. The molecular formula is C24H27F2N5O2. The molecule has 2 heterocycles. The SMILES string of the molecule is Cc1ccc(CON=C2CCN(CC(O)(Cn3cncn3)c3ccc(F)cc3F)CC2)cc1. The maximum absolute atomic E-state index is 14.6. The predicted octanol–water partition coefficient (Wildman–Crippen LogP) is 3.42. The minimum Gasteiger partial charge on any atom is -0.391 e. The average Bonchev–Trinajstić information content (AvgIpc) is 3.29. The summed E-state index contributed by atoms with van der Waals surface area (Å²) in [7, 11) is 0. The number of aryl methyl sites for hydroxylation is 1. The molecule has 2 aromatic carbocycles. The van der Waals surface area contributed by atoms with Gasteiger partial charge in [-0.2, -0.15) is 5.10 Å². The van der Waals surface area contributed by atoms with E-state index in [0.717, 1.165) is 23.4 Å². The molecule has 1 aliphatic rings. The number of nitrogens with zero attached hydrogens (tertiary/aromatic N) is 5. The number of rotatable bonds is 8. The number of likely N-dealkylation sites (tertiary alicyclic amines) is 1. The van der Waals surface area contributed by atoms with Gasteiger partial charge in [-0.1, -0.05) is 41.1 Å². The second-order valence-corrected chi connectivity index (χ2v) is 8.44. The van der Waals surface area contributed by atoms with Gasteiger partial charge in [-0.05, 0) is 18.6 Å². The molecule has 1 atom stereocenters. The summed E-state index contributed by atoms with van der Waals surface area (Å²) in [6.07, 6.45) is 4.17. The van der Waals surface area contributed by atoms with Crippen LogP contribution >= 0.6 is 0 Å². The maximum atomic E-state index is 14.6. The highest BCUT2D eigenvalue weighted by Crippen LogP contribution is 2.28. The summed E-state index contributed by atoms with van der Waals surface area (Å²) in [5.74, 6) is -1.48. The number of oxime groups is 1. The predicted molar refractivity (Wildman–Crippen MR) is 119 cm³/mol. The molecule has 0 spiro atoms. The van der Waals surface area contributed by atoms with E-state index in [-0.39, 0.29) is 18.7 Å². The molecule has 9 heteroatoms. The first kappa shape index (κ1) is 23.0. The Labute approximate surface area is 191 Å². The Morgan fingerprint density at radius 3 is 2.52 bits per heavy atom. The van der Waals surface area contributed by atoms with Crippen molar-refractivity contribution in [3.05, 3.63) is 83.4 Å². The van der Waals surface area contributed by atoms with Crippen LogP contribution < -0.4 is 0 Å². The molecule has 0 radical (unpaired) electrons. The molecule has 7 nitrogen and oxygen atoms in total. The monoisotopic (exact) mass is 455 g/mol. The van der Waals surface area contributed by atoms with Gasteiger partial charge in [0.25, 0.3) is 0 Å². The van der Waals surface area contributed by atoms with E-state index in [4.69, 9.17) is 4.84 Å². The van der Waals surface area contributed by atoms with E-state index in [1.807, 2.05) is 36.1 Å². The zero-order chi connectivity index (χ0) is 23.3. The molecule has 3 aromatic rings. The summed E-state index contributed by atoms with van der Waals surface area (Å²) in [5, 5.41) is 19.8. The number of piperidine rings is 1. The average molecular weight is 456 g/mol. The molecule has 1 aliphatic heterocycles. The first-order valence-corrected chi connectivity index (χ1v) is 10.9. The van der Waals surface area contributed by atoms with E-state index >= 15 is 0 Å². The number of aliphatic hydroxyl groups is 1. The molecule has 1 unspecified atom stereocenters. The lowest BCUT2D eigenvalue weighted by molar-refractivity contribution is -0.0220. The van der Waals surface area contributed by atoms with Crippen LogP contribution in [0, 0.1) is 18.6 Å². The van der Waals surface area contributed by atoms with Crippen LogP contribution in [0.1, 0.15) is 29.5 Å². The number of β-amino-alcohol motifs (C(OH)–C–C–N with tert-alkyl or cyclic N) is 1. The fraction of sp³-hybridized carbons (Fsp3) is 0.375. The molecule has 0 saturated carbocycles. The highest BCUT2D eigenvalue weighted by atomic mass is 19.1. The summed E-state index contributed by atoms with van der Waals surface area (Å²) in [4.78, 5) is 11.5. The van der Waals surface area contributed by atoms with E-state index in [0.29, 0.717) is 32.5 Å². The molecule has 0 aliphatic carbocycles. The minimum atomic E-state index is -1.61. The van der Waals surface area contributed by atoms with E-state index in [2.05, 4.69) is 15.2 Å². The fourth-order valence-electron chi connectivity index (χ4n) is 3.98. The summed E-state index contributed by atoms with van der Waals surface area (Å²) in [5.41, 5.74) is 1.62. The third-order valence-corrected chi connectivity index (χ3v) is 5.79. The van der Waals surface area contributed by atoms with Gasteiger partial charge >= 0.3 is 0 Å². The van der Waals surface area contributed by atoms with Gasteiger partial charge in [-0.25, -0.2) is 18.4 Å². The van der Waals surface area contributed by atoms with Gasteiger partial charge in [0.05, 0.1) is 12.3 Å². The fourth-order valence-corrected chi connectivity index (χ4v) is 3.98. The highest BCUT2D eigenvalue weighted by Gasteiger charge is 2.36. The van der Waals surface area contributed by atoms with Crippen LogP contribution in [0.2, 0.25) is 0 Å². The van der Waals surface area contributed by atoms with Gasteiger partial charge in [0.15, 0.2) is 0 Å². The molecule has 174 valence electrons. The molecule has 4 rings (SSSR count). The smallest absolute Gasteiger partial charge is 0.142 e. The molecule has 1 N–H and O–H groups in total. The van der Waals surface area contributed by atoms with Crippen LogP contribution in [0.5, 0.6) is 0 Å². The minimum absolute atomic E-state index is 0.00728. The lowest BCUT2D eigenvalue weighted by Crippen LogP contribution is -2.47. The van der Waals surface area contributed by atoms with Crippen LogP contribution in [0.4, 0.5) is 8.78 Å². The van der Waals surface area contributed by atoms with E-state index in [1.165, 1.54) is 29.0 Å². The zero-order valence-electron chi connectivity index (χ0n) is 18.5. The van der Waals surface area contributed by atoms with Gasteiger partial charge < -0.3 is 9.94 Å². The van der Waals surface area contributed by atoms with Crippen molar-refractivity contribution in [2.75, 3.05) is 19.6 Å². The Morgan fingerprint density at radius 1 is 1.09 bits per heavy atom. The topological polar surface area (TPSA) is 75.8 Å². The van der Waals surface area contributed by atoms with Crippen molar-refractivity contribution in [1.82, 2.24) is 19.7 Å². The second kappa shape index (κ2) is 10.2. The molecule has 1 aromatic heterocycles. The molecule has 33 heavy (non-hydrogen) atoms. The Balaban J connectivity index is 1.39. The second-order valence-electron chi connectivity index (χ2n) is 8.44. The largest absolute Gasteiger partial charge is 0.391 e. The van der Waals surface area contributed by atoms with Crippen molar-refractivity contribution in [2.24, 2.45) is 5.16 Å². The van der Waals surface area contributed by atoms with Gasteiger partial charge in [0.1, 0.15) is 36.5 Å². The molecule has 0 amide bonds. The third-order valence-electron chi connectivity index (χ3n) is 5.79. The number of benzene rings is 2. The van der Waals surface area contributed by atoms with Gasteiger partial charge in [0, 0.05) is 44.1 Å². The Kier molecular flexibility index (Phi) is 7.10. The van der Waals surface area contributed by atoms with Gasteiger partial charge in [0.2, 0.25) is 0 Å². The Hall–Kier alpha value is -3.17. The quantitative estimate of drug-likeness (QED) is 0.527. The maximum Gasteiger partial charge on any atom is 0.142 e. The lowest BCUT2D eigenvalue weighted by Gasteiger charge is -2.36. The van der Waals surface area contributed by atoms with Crippen LogP contribution in [0.25, 0.3) is 0 Å². The molecule has 1 saturated heterocycles. The van der Waals surface area contributed by atoms with E-state index in [9.17, 15) is 13.9 Å². The van der Waals surface area contributed by atoms with Crippen molar-refractivity contribution in [3.63, 3.8) is 0 Å². The summed E-state index contributed by atoms with van der Waals surface area (Å²) < 4.78 is 29.5. The van der Waals surface area contributed by atoms with Crippen LogP contribution in [0.3, 0.4) is 0 Å². The summed E-state index contributed by atoms with van der Waals surface area (Å²) in [6.45, 7) is 3.87. The number of aromatic nitrogens is 3. The van der Waals surface area contributed by atoms with Crippen LogP contribution in [-0.2, 0) is 23.6 Å². The lowest BCUT2D eigenvalue weighted by atomic mass is 9.91. The van der Waals surface area contributed by atoms with Crippen LogP contribution in [0.15, 0.2) is 60.3 Å². The van der Waals surface area contributed by atoms with Crippen molar-refractivity contribution in [1.29, 1.82) is 0 Å². The standard InChI is InChI=1S/C24H27F2N5O2/c1-18-2-4-19(5-3-18)13-33-29-21-8-10-30(11-9-21)14-24(32,15-31-17-27-16-28-31)22-7-6-20(25)12-23(22)26/h2-7,12,16-17,32H,8-11,13-15H2,1H3. The van der Waals surface area contributed by atoms with Gasteiger partial charge in [-0.15, -0.1) is 0 Å². The number of halogens is 2. The Bertz CT molecular complexity index is 1080. The van der Waals surface area contributed by atoms with Gasteiger partial charge in [-0.3, -0.25) is 4.90 Å². The number of hydrogen-bond donors (Lipinski definition) is 1. The van der Waals surface area contributed by atoms with E-state index in [1.54, 1.807) is 0 Å². The Morgan fingerprint density at radius 2 is 1.85 bits per heavy atom. The molecular weight excluding hydrogens is 428 g/mol. The third kappa shape index (κ3) is 6.00. The van der Waals surface area contributed by atoms with E-state index < -0.39 is 17.2 Å². The van der Waals surface area contributed by atoms with Crippen LogP contribution in [-0.4, -0.2) is 50.1 Å². The molecule has 0 bridgehead atoms. The normalized spacial score (nSPS) is 16.4. The van der Waals surface area contributed by atoms with Crippen molar-refractivity contribution >= 4 is 5.71 Å². The highest BCUT2D eigenvalue weighted by molar-refractivity contribution is 5.84. The first-order valence-electron chi connectivity index (χ1n) is 10.9.